The van der Waals surface area contributed by atoms with E-state index in [2.05, 4.69) is 15.6 Å². The molecule has 0 aliphatic carbocycles. The molecule has 2 aromatic carbocycles. The van der Waals surface area contributed by atoms with Gasteiger partial charge < -0.3 is 10.6 Å². The molecular formula is C16H14FN3O. The predicted octanol–water partition coefficient (Wildman–Crippen LogP) is 2.43. The van der Waals surface area contributed by atoms with Gasteiger partial charge in [-0.3, -0.25) is 9.79 Å². The van der Waals surface area contributed by atoms with Gasteiger partial charge in [-0.1, -0.05) is 18.2 Å². The van der Waals surface area contributed by atoms with Crippen molar-refractivity contribution in [3.8, 4) is 0 Å². The number of nitrogens with one attached hydrogen (secondary N) is 2. The number of aliphatic imine (C=N–C) groups is 1. The Kier molecular flexibility index (Phi) is 3.64. The summed E-state index contributed by atoms with van der Waals surface area (Å²) < 4.78 is 13.2. The summed E-state index contributed by atoms with van der Waals surface area (Å²) >= 11 is 0. The van der Waals surface area contributed by atoms with E-state index in [1.54, 1.807) is 12.1 Å². The molecule has 3 rings (SSSR count). The maximum atomic E-state index is 13.2. The van der Waals surface area contributed by atoms with E-state index in [4.69, 9.17) is 0 Å². The lowest BCUT2D eigenvalue weighted by Crippen LogP contribution is -2.22. The summed E-state index contributed by atoms with van der Waals surface area (Å²) in [6.07, 6.45) is 0. The van der Waals surface area contributed by atoms with Crippen molar-refractivity contribution in [2.75, 3.05) is 18.4 Å². The van der Waals surface area contributed by atoms with Crippen LogP contribution in [0.25, 0.3) is 0 Å². The molecule has 0 radical (unpaired) electrons. The molecule has 0 saturated heterocycles. The molecule has 1 heterocycles. The first-order valence-electron chi connectivity index (χ1n) is 6.69. The second-order valence-corrected chi connectivity index (χ2v) is 4.67. The third kappa shape index (κ3) is 2.91. The molecule has 0 atom stereocenters. The lowest BCUT2D eigenvalue weighted by atomic mass is 10.1. The fourth-order valence-corrected chi connectivity index (χ4v) is 2.20. The van der Waals surface area contributed by atoms with Gasteiger partial charge in [0.1, 0.15) is 11.7 Å². The van der Waals surface area contributed by atoms with Crippen LogP contribution < -0.4 is 10.6 Å². The normalized spacial score (nSPS) is 13.5. The summed E-state index contributed by atoms with van der Waals surface area (Å²) in [6.45, 7) is 1.52. The van der Waals surface area contributed by atoms with Gasteiger partial charge in [0.2, 0.25) is 0 Å². The van der Waals surface area contributed by atoms with E-state index in [0.717, 1.165) is 24.5 Å². The van der Waals surface area contributed by atoms with Crippen LogP contribution in [-0.2, 0) is 0 Å². The van der Waals surface area contributed by atoms with Crippen LogP contribution in [0.2, 0.25) is 0 Å². The topological polar surface area (TPSA) is 53.5 Å². The van der Waals surface area contributed by atoms with Gasteiger partial charge in [-0.15, -0.1) is 0 Å². The summed E-state index contributed by atoms with van der Waals surface area (Å²) in [7, 11) is 0. The number of benzene rings is 2. The number of carbonyl (C=O) groups is 1. The second kappa shape index (κ2) is 5.75. The molecule has 2 N–H and O–H groups in total. The molecule has 0 spiro atoms. The van der Waals surface area contributed by atoms with E-state index in [-0.39, 0.29) is 11.5 Å². The van der Waals surface area contributed by atoms with Crippen molar-refractivity contribution in [2.45, 2.75) is 0 Å². The summed E-state index contributed by atoms with van der Waals surface area (Å²) in [5.74, 6) is -0.0107. The monoisotopic (exact) mass is 283 g/mol. The average molecular weight is 283 g/mol. The second-order valence-electron chi connectivity index (χ2n) is 4.67. The van der Waals surface area contributed by atoms with Gasteiger partial charge in [0, 0.05) is 17.7 Å². The van der Waals surface area contributed by atoms with Gasteiger partial charge >= 0.3 is 0 Å². The first-order valence-corrected chi connectivity index (χ1v) is 6.69. The Labute approximate surface area is 121 Å². The molecule has 21 heavy (non-hydrogen) atoms. The van der Waals surface area contributed by atoms with Gasteiger partial charge in [0.05, 0.1) is 12.2 Å². The van der Waals surface area contributed by atoms with Crippen LogP contribution in [0.3, 0.4) is 0 Å². The Morgan fingerprint density at radius 1 is 1.19 bits per heavy atom. The summed E-state index contributed by atoms with van der Waals surface area (Å²) in [5.41, 5.74) is 1.77. The molecule has 0 saturated carbocycles. The number of amides is 1. The van der Waals surface area contributed by atoms with Gasteiger partial charge in [-0.2, -0.15) is 0 Å². The molecule has 0 aromatic heterocycles. The molecule has 0 unspecified atom stereocenters. The minimum Gasteiger partial charge on any atom is -0.368 e. The van der Waals surface area contributed by atoms with E-state index in [0.29, 0.717) is 5.69 Å². The predicted molar refractivity (Wildman–Crippen MR) is 80.2 cm³/mol. The van der Waals surface area contributed by atoms with Crippen molar-refractivity contribution >= 4 is 17.4 Å². The largest absolute Gasteiger partial charge is 0.368 e. The van der Waals surface area contributed by atoms with Gasteiger partial charge in [-0.05, 0) is 30.3 Å². The van der Waals surface area contributed by atoms with Gasteiger partial charge in [0.15, 0.2) is 0 Å². The third-order valence-electron chi connectivity index (χ3n) is 3.19. The first-order chi connectivity index (χ1) is 10.2. The first kappa shape index (κ1) is 13.3. The number of hydrogen-bond donors (Lipinski definition) is 2. The number of carbonyl (C=O) groups excluding carboxylic acids is 1. The van der Waals surface area contributed by atoms with Crippen LogP contribution in [0.5, 0.6) is 0 Å². The summed E-state index contributed by atoms with van der Waals surface area (Å²) in [5, 5.41) is 5.98. The molecule has 4 nitrogen and oxygen atoms in total. The van der Waals surface area contributed by atoms with Crippen molar-refractivity contribution in [1.29, 1.82) is 0 Å². The van der Waals surface area contributed by atoms with Gasteiger partial charge in [-0.25, -0.2) is 4.39 Å². The minimum atomic E-state index is -0.433. The molecule has 1 aliphatic heterocycles. The van der Waals surface area contributed by atoms with E-state index in [1.807, 2.05) is 18.2 Å². The van der Waals surface area contributed by atoms with E-state index < -0.39 is 5.82 Å². The highest BCUT2D eigenvalue weighted by atomic mass is 19.1. The van der Waals surface area contributed by atoms with Crippen LogP contribution in [0.1, 0.15) is 15.9 Å². The highest BCUT2D eigenvalue weighted by molar-refractivity contribution is 6.10. The minimum absolute atomic E-state index is 0.283. The molecule has 0 bridgehead atoms. The Morgan fingerprint density at radius 2 is 2.05 bits per heavy atom. The fourth-order valence-electron chi connectivity index (χ4n) is 2.20. The number of hydrogen-bond acceptors (Lipinski definition) is 3. The highest BCUT2D eigenvalue weighted by Crippen LogP contribution is 2.18. The molecule has 1 aliphatic rings. The van der Waals surface area contributed by atoms with E-state index in [1.165, 1.54) is 18.2 Å². The molecule has 2 aromatic rings. The number of nitrogens with zero attached hydrogens (tertiary/aromatic N) is 1. The van der Waals surface area contributed by atoms with Crippen molar-refractivity contribution in [2.24, 2.45) is 4.99 Å². The highest BCUT2D eigenvalue weighted by Gasteiger charge is 2.14. The molecular weight excluding hydrogens is 269 g/mol. The smallest absolute Gasteiger partial charge is 0.255 e. The van der Waals surface area contributed by atoms with Crippen molar-refractivity contribution < 1.29 is 9.18 Å². The zero-order chi connectivity index (χ0) is 14.7. The summed E-state index contributed by atoms with van der Waals surface area (Å²) in [6, 6.07) is 13.0. The average Bonchev–Trinajstić information content (AvgIpc) is 3.02. The van der Waals surface area contributed by atoms with Crippen molar-refractivity contribution in [1.82, 2.24) is 5.32 Å². The molecule has 106 valence electrons. The van der Waals surface area contributed by atoms with E-state index in [9.17, 15) is 9.18 Å². The SMILES string of the molecule is O=C(Nc1ccccc1C1=NCCN1)c1cccc(F)c1. The lowest BCUT2D eigenvalue weighted by Gasteiger charge is -2.11. The van der Waals surface area contributed by atoms with Gasteiger partial charge in [0.25, 0.3) is 5.91 Å². The zero-order valence-corrected chi connectivity index (χ0v) is 11.3. The van der Waals surface area contributed by atoms with Crippen molar-refractivity contribution in [3.05, 3.63) is 65.5 Å². The number of anilines is 1. The van der Waals surface area contributed by atoms with E-state index >= 15 is 0 Å². The van der Waals surface area contributed by atoms with Crippen LogP contribution >= 0.6 is 0 Å². The number of para-hydroxylation sites is 1. The summed E-state index contributed by atoms with van der Waals surface area (Å²) in [4.78, 5) is 16.6. The van der Waals surface area contributed by atoms with Crippen LogP contribution in [0.4, 0.5) is 10.1 Å². The Balaban J connectivity index is 1.86. The number of rotatable bonds is 3. The maximum Gasteiger partial charge on any atom is 0.255 e. The van der Waals surface area contributed by atoms with Crippen LogP contribution in [0.15, 0.2) is 53.5 Å². The number of amidine groups is 1. The molecule has 5 heteroatoms. The number of halogens is 1. The Bertz CT molecular complexity index is 712. The molecule has 0 fully saturated rings. The zero-order valence-electron chi connectivity index (χ0n) is 11.3. The lowest BCUT2D eigenvalue weighted by molar-refractivity contribution is 0.102. The standard InChI is InChI=1S/C16H14FN3O/c17-12-5-3-4-11(10-12)16(21)20-14-7-2-1-6-13(14)15-18-8-9-19-15/h1-7,10H,8-9H2,(H,18,19)(H,20,21). The fraction of sp³-hybridized carbons (Fsp3) is 0.125. The Morgan fingerprint density at radius 3 is 2.81 bits per heavy atom. The third-order valence-corrected chi connectivity index (χ3v) is 3.19. The van der Waals surface area contributed by atoms with Crippen LogP contribution in [0, 0.1) is 5.82 Å². The molecule has 1 amide bonds. The quantitative estimate of drug-likeness (QED) is 0.909. The Hall–Kier alpha value is -2.69. The maximum absolute atomic E-state index is 13.2. The van der Waals surface area contributed by atoms with Crippen LogP contribution in [-0.4, -0.2) is 24.8 Å². The van der Waals surface area contributed by atoms with Crippen molar-refractivity contribution in [3.63, 3.8) is 0 Å².